The minimum absolute atomic E-state index is 0.110. The first-order chi connectivity index (χ1) is 9.88. The summed E-state index contributed by atoms with van der Waals surface area (Å²) in [6, 6.07) is 2.26. The number of halogens is 2. The number of carboxylic acids is 1. The van der Waals surface area contributed by atoms with Crippen LogP contribution in [0.2, 0.25) is 0 Å². The topological polar surface area (TPSA) is 106 Å². The van der Waals surface area contributed by atoms with E-state index in [-0.39, 0.29) is 17.9 Å². The summed E-state index contributed by atoms with van der Waals surface area (Å²) in [4.78, 5) is 20.5. The van der Waals surface area contributed by atoms with Crippen molar-refractivity contribution in [2.24, 2.45) is 0 Å². The molecule has 0 aliphatic heterocycles. The molecule has 0 fully saturated rings. The van der Waals surface area contributed by atoms with E-state index in [1.165, 1.54) is 6.07 Å². The molecule has 110 valence electrons. The molecule has 0 saturated heterocycles. The van der Waals surface area contributed by atoms with Crippen LogP contribution in [0.4, 0.5) is 20.2 Å². The normalized spacial score (nSPS) is 10.4. The van der Waals surface area contributed by atoms with E-state index < -0.39 is 33.9 Å². The van der Waals surface area contributed by atoms with Gasteiger partial charge in [-0.25, -0.2) is 13.6 Å². The Bertz CT molecular complexity index is 714. The second-order valence-electron chi connectivity index (χ2n) is 4.00. The number of benzene rings is 1. The summed E-state index contributed by atoms with van der Waals surface area (Å²) in [5.41, 5.74) is -1.38. The molecule has 2 aromatic rings. The minimum Gasteiger partial charge on any atom is -0.478 e. The van der Waals surface area contributed by atoms with Crippen molar-refractivity contribution in [2.75, 3.05) is 5.32 Å². The van der Waals surface area contributed by atoms with Crippen molar-refractivity contribution in [1.29, 1.82) is 0 Å². The molecule has 7 nitrogen and oxygen atoms in total. The van der Waals surface area contributed by atoms with Crippen molar-refractivity contribution >= 4 is 17.3 Å². The maximum absolute atomic E-state index is 13.6. The predicted molar refractivity (Wildman–Crippen MR) is 66.0 cm³/mol. The quantitative estimate of drug-likeness (QED) is 0.649. The third kappa shape index (κ3) is 3.14. The molecule has 0 bridgehead atoms. The first-order valence-electron chi connectivity index (χ1n) is 5.56. The molecular formula is C12H8F2N2O5. The van der Waals surface area contributed by atoms with Gasteiger partial charge < -0.3 is 14.8 Å². The van der Waals surface area contributed by atoms with Crippen molar-refractivity contribution < 1.29 is 28.0 Å². The molecule has 0 saturated carbocycles. The van der Waals surface area contributed by atoms with E-state index in [9.17, 15) is 23.7 Å². The number of anilines is 1. The van der Waals surface area contributed by atoms with Crippen molar-refractivity contribution in [3.05, 3.63) is 57.5 Å². The zero-order valence-corrected chi connectivity index (χ0v) is 10.3. The van der Waals surface area contributed by atoms with Crippen LogP contribution in [0.15, 0.2) is 28.9 Å². The lowest BCUT2D eigenvalue weighted by molar-refractivity contribution is -0.384. The van der Waals surface area contributed by atoms with Crippen molar-refractivity contribution in [3.8, 4) is 0 Å². The fraction of sp³-hybridized carbons (Fsp3) is 0.0833. The Morgan fingerprint density at radius 3 is 2.67 bits per heavy atom. The van der Waals surface area contributed by atoms with Crippen LogP contribution in [0, 0.1) is 21.7 Å². The molecule has 0 aliphatic rings. The summed E-state index contributed by atoms with van der Waals surface area (Å²) in [7, 11) is 0. The molecule has 2 rings (SSSR count). The van der Waals surface area contributed by atoms with E-state index in [4.69, 9.17) is 9.52 Å². The van der Waals surface area contributed by atoms with Gasteiger partial charge in [-0.05, 0) is 6.07 Å². The Morgan fingerprint density at radius 1 is 1.38 bits per heavy atom. The van der Waals surface area contributed by atoms with Crippen LogP contribution in [-0.2, 0) is 6.54 Å². The number of nitrogens with one attached hydrogen (secondary N) is 1. The number of carbonyl (C=O) groups is 1. The molecule has 1 heterocycles. The van der Waals surface area contributed by atoms with E-state index in [2.05, 4.69) is 5.32 Å². The van der Waals surface area contributed by atoms with Crippen LogP contribution in [-0.4, -0.2) is 16.0 Å². The van der Waals surface area contributed by atoms with Gasteiger partial charge in [0.05, 0.1) is 23.1 Å². The second kappa shape index (κ2) is 5.57. The molecule has 0 spiro atoms. The molecule has 1 aromatic heterocycles. The summed E-state index contributed by atoms with van der Waals surface area (Å²) >= 11 is 0. The van der Waals surface area contributed by atoms with Gasteiger partial charge in [-0.1, -0.05) is 0 Å². The van der Waals surface area contributed by atoms with Crippen LogP contribution in [0.3, 0.4) is 0 Å². The Morgan fingerprint density at radius 2 is 2.10 bits per heavy atom. The largest absolute Gasteiger partial charge is 0.478 e. The lowest BCUT2D eigenvalue weighted by Crippen LogP contribution is -2.05. The summed E-state index contributed by atoms with van der Waals surface area (Å²) in [5.74, 6) is -3.28. The SMILES string of the molecule is O=C(O)c1coc(CNc2c(F)cc(F)cc2[N+](=O)[O-])c1. The average Bonchev–Trinajstić information content (AvgIpc) is 2.85. The first kappa shape index (κ1) is 14.4. The number of nitro benzene ring substituents is 1. The lowest BCUT2D eigenvalue weighted by Gasteiger charge is -2.06. The average molecular weight is 298 g/mol. The highest BCUT2D eigenvalue weighted by Crippen LogP contribution is 2.29. The van der Waals surface area contributed by atoms with Crippen LogP contribution in [0.1, 0.15) is 16.1 Å². The maximum atomic E-state index is 13.6. The van der Waals surface area contributed by atoms with Gasteiger partial charge in [0, 0.05) is 6.07 Å². The zero-order valence-electron chi connectivity index (χ0n) is 10.3. The van der Waals surface area contributed by atoms with Gasteiger partial charge >= 0.3 is 5.97 Å². The second-order valence-corrected chi connectivity index (χ2v) is 4.00. The molecule has 0 amide bonds. The van der Waals surface area contributed by atoms with E-state index in [1.807, 2.05) is 0 Å². The van der Waals surface area contributed by atoms with Gasteiger partial charge in [0.25, 0.3) is 5.69 Å². The minimum atomic E-state index is -1.20. The van der Waals surface area contributed by atoms with E-state index in [1.54, 1.807) is 0 Å². The molecule has 0 radical (unpaired) electrons. The van der Waals surface area contributed by atoms with Crippen LogP contribution < -0.4 is 5.32 Å². The highest BCUT2D eigenvalue weighted by atomic mass is 19.1. The molecule has 2 N–H and O–H groups in total. The molecule has 0 aliphatic carbocycles. The lowest BCUT2D eigenvalue weighted by atomic mass is 10.2. The number of aromatic carboxylic acids is 1. The predicted octanol–water partition coefficient (Wildman–Crippen LogP) is 2.78. The summed E-state index contributed by atoms with van der Waals surface area (Å²) in [6.07, 6.45) is 0.981. The Hall–Kier alpha value is -2.97. The highest BCUT2D eigenvalue weighted by molar-refractivity contribution is 5.87. The third-order valence-electron chi connectivity index (χ3n) is 2.57. The van der Waals surface area contributed by atoms with Crippen LogP contribution >= 0.6 is 0 Å². The van der Waals surface area contributed by atoms with Crippen molar-refractivity contribution in [1.82, 2.24) is 0 Å². The maximum Gasteiger partial charge on any atom is 0.338 e. The number of furan rings is 1. The van der Waals surface area contributed by atoms with E-state index >= 15 is 0 Å². The van der Waals surface area contributed by atoms with Gasteiger partial charge in [0.2, 0.25) is 0 Å². The van der Waals surface area contributed by atoms with Gasteiger partial charge in [-0.2, -0.15) is 0 Å². The summed E-state index contributed by atoms with van der Waals surface area (Å²) in [6.45, 7) is -0.198. The van der Waals surface area contributed by atoms with Gasteiger partial charge in [0.1, 0.15) is 23.5 Å². The van der Waals surface area contributed by atoms with Crippen LogP contribution in [0.25, 0.3) is 0 Å². The molecule has 1 aromatic carbocycles. The monoisotopic (exact) mass is 298 g/mol. The number of hydrogen-bond donors (Lipinski definition) is 2. The third-order valence-corrected chi connectivity index (χ3v) is 2.57. The Kier molecular flexibility index (Phi) is 3.83. The van der Waals surface area contributed by atoms with E-state index in [0.29, 0.717) is 12.1 Å². The van der Waals surface area contributed by atoms with Crippen molar-refractivity contribution in [3.63, 3.8) is 0 Å². The molecule has 21 heavy (non-hydrogen) atoms. The number of carboxylic acid groups (broad SMARTS) is 1. The number of hydrogen-bond acceptors (Lipinski definition) is 5. The molecule has 9 heteroatoms. The number of nitro groups is 1. The fourth-order valence-electron chi connectivity index (χ4n) is 1.64. The smallest absolute Gasteiger partial charge is 0.338 e. The molecular weight excluding hydrogens is 290 g/mol. The Balaban J connectivity index is 2.23. The van der Waals surface area contributed by atoms with E-state index in [0.717, 1.165) is 6.26 Å². The van der Waals surface area contributed by atoms with Crippen LogP contribution in [0.5, 0.6) is 0 Å². The molecule has 0 atom stereocenters. The number of rotatable bonds is 5. The standard InChI is InChI=1S/C12H8F2N2O5/c13-7-2-9(14)11(10(3-7)16(19)20)15-4-8-1-6(5-21-8)12(17)18/h1-3,5,15H,4H2,(H,17,18). The zero-order chi connectivity index (χ0) is 15.6. The first-order valence-corrected chi connectivity index (χ1v) is 5.56. The van der Waals surface area contributed by atoms with Gasteiger partial charge in [0.15, 0.2) is 5.82 Å². The van der Waals surface area contributed by atoms with Gasteiger partial charge in [-0.3, -0.25) is 10.1 Å². The van der Waals surface area contributed by atoms with Gasteiger partial charge in [-0.15, -0.1) is 0 Å². The summed E-state index contributed by atoms with van der Waals surface area (Å²) in [5, 5.41) is 21.9. The highest BCUT2D eigenvalue weighted by Gasteiger charge is 2.20. The number of nitrogens with zero attached hydrogens (tertiary/aromatic N) is 1. The molecule has 0 unspecified atom stereocenters. The Labute approximate surface area is 116 Å². The summed E-state index contributed by atoms with van der Waals surface area (Å²) < 4.78 is 31.4. The fourth-order valence-corrected chi connectivity index (χ4v) is 1.64. The van der Waals surface area contributed by atoms with Crippen molar-refractivity contribution in [2.45, 2.75) is 6.54 Å².